The van der Waals surface area contributed by atoms with E-state index in [4.69, 9.17) is 4.74 Å². The number of esters is 1. The van der Waals surface area contributed by atoms with E-state index in [1.54, 1.807) is 12.1 Å². The molecule has 3 rings (SSSR count). The highest BCUT2D eigenvalue weighted by Gasteiger charge is 2.23. The molecule has 0 saturated carbocycles. The second kappa shape index (κ2) is 4.76. The number of benzene rings is 2. The Bertz CT molecular complexity index is 577. The van der Waals surface area contributed by atoms with E-state index >= 15 is 0 Å². The number of carbonyl (C=O) groups is 1. The van der Waals surface area contributed by atoms with E-state index in [0.717, 1.165) is 17.7 Å². The summed E-state index contributed by atoms with van der Waals surface area (Å²) in [4.78, 5) is 11.4. The minimum Gasteiger partial charge on any atom is -0.485 e. The third kappa shape index (κ3) is 2.19. The van der Waals surface area contributed by atoms with Crippen molar-refractivity contribution in [3.8, 4) is 5.75 Å². The van der Waals surface area contributed by atoms with Gasteiger partial charge in [-0.25, -0.2) is 4.79 Å². The van der Waals surface area contributed by atoms with Crippen LogP contribution in [0.1, 0.15) is 27.6 Å². The number of ether oxygens (including phenoxy) is 2. The lowest BCUT2D eigenvalue weighted by atomic mass is 10.0. The Kier molecular flexibility index (Phi) is 2.95. The molecule has 1 atom stereocenters. The van der Waals surface area contributed by atoms with Crippen molar-refractivity contribution in [3.05, 3.63) is 65.2 Å². The van der Waals surface area contributed by atoms with Crippen LogP contribution in [0.3, 0.4) is 0 Å². The normalized spacial score (nSPS) is 16.6. The third-order valence-electron chi connectivity index (χ3n) is 3.35. The zero-order valence-corrected chi connectivity index (χ0v) is 10.6. The van der Waals surface area contributed by atoms with Crippen LogP contribution < -0.4 is 4.74 Å². The molecule has 19 heavy (non-hydrogen) atoms. The fourth-order valence-electron chi connectivity index (χ4n) is 2.32. The van der Waals surface area contributed by atoms with Crippen LogP contribution in [0.4, 0.5) is 0 Å². The lowest BCUT2D eigenvalue weighted by Gasteiger charge is -2.11. The number of fused-ring (bicyclic) bond motifs is 1. The summed E-state index contributed by atoms with van der Waals surface area (Å²) in [5.74, 6) is 0.631. The predicted octanol–water partition coefficient (Wildman–Crippen LogP) is 3.15. The molecule has 3 nitrogen and oxygen atoms in total. The molecule has 2 aromatic rings. The van der Waals surface area contributed by atoms with E-state index in [2.05, 4.69) is 10.8 Å². The number of hydrogen-bond donors (Lipinski definition) is 0. The first-order valence-electron chi connectivity index (χ1n) is 6.21. The number of hydrogen-bond acceptors (Lipinski definition) is 3. The summed E-state index contributed by atoms with van der Waals surface area (Å²) >= 11 is 0. The maximum absolute atomic E-state index is 11.4. The molecule has 0 aromatic heterocycles. The van der Waals surface area contributed by atoms with Gasteiger partial charge in [0.1, 0.15) is 11.9 Å². The molecule has 0 aliphatic carbocycles. The molecule has 0 saturated heterocycles. The van der Waals surface area contributed by atoms with Crippen molar-refractivity contribution in [2.75, 3.05) is 7.11 Å². The third-order valence-corrected chi connectivity index (χ3v) is 3.35. The average molecular weight is 254 g/mol. The minimum absolute atomic E-state index is 0.0316. The Balaban J connectivity index is 1.80. The van der Waals surface area contributed by atoms with Gasteiger partial charge >= 0.3 is 5.97 Å². The lowest BCUT2D eigenvalue weighted by Crippen LogP contribution is -2.05. The summed E-state index contributed by atoms with van der Waals surface area (Å²) in [6.07, 6.45) is 0.900. The maximum Gasteiger partial charge on any atom is 0.337 e. The molecule has 2 aromatic carbocycles. The van der Waals surface area contributed by atoms with Crippen LogP contribution in [-0.4, -0.2) is 13.1 Å². The van der Waals surface area contributed by atoms with E-state index < -0.39 is 0 Å². The predicted molar refractivity (Wildman–Crippen MR) is 71.3 cm³/mol. The van der Waals surface area contributed by atoms with Crippen LogP contribution in [0.5, 0.6) is 5.75 Å². The molecule has 96 valence electrons. The summed E-state index contributed by atoms with van der Waals surface area (Å²) < 4.78 is 10.6. The molecule has 0 bridgehead atoms. The van der Waals surface area contributed by atoms with Gasteiger partial charge in [-0.1, -0.05) is 30.3 Å². The highest BCUT2D eigenvalue weighted by atomic mass is 16.5. The zero-order chi connectivity index (χ0) is 13.2. The number of para-hydroxylation sites is 1. The van der Waals surface area contributed by atoms with Gasteiger partial charge in [-0.2, -0.15) is 0 Å². The molecule has 0 amide bonds. The van der Waals surface area contributed by atoms with E-state index in [-0.39, 0.29) is 12.1 Å². The van der Waals surface area contributed by atoms with Crippen molar-refractivity contribution < 1.29 is 14.3 Å². The highest BCUT2D eigenvalue weighted by Crippen LogP contribution is 2.36. The van der Waals surface area contributed by atoms with Gasteiger partial charge in [0.2, 0.25) is 0 Å². The number of carbonyl (C=O) groups excluding carboxylic acids is 1. The molecule has 0 radical (unpaired) electrons. The second-order valence-electron chi connectivity index (χ2n) is 4.53. The van der Waals surface area contributed by atoms with Crippen LogP contribution in [0.25, 0.3) is 0 Å². The maximum atomic E-state index is 11.4. The number of rotatable bonds is 2. The van der Waals surface area contributed by atoms with Crippen molar-refractivity contribution in [3.63, 3.8) is 0 Å². The number of methoxy groups -OCH3 is 1. The summed E-state index contributed by atoms with van der Waals surface area (Å²) in [6, 6.07) is 15.4. The smallest absolute Gasteiger partial charge is 0.337 e. The molecule has 0 N–H and O–H groups in total. The van der Waals surface area contributed by atoms with Gasteiger partial charge in [-0.3, -0.25) is 0 Å². The Morgan fingerprint density at radius 1 is 1.16 bits per heavy atom. The van der Waals surface area contributed by atoms with Crippen molar-refractivity contribution in [1.82, 2.24) is 0 Å². The van der Waals surface area contributed by atoms with E-state index in [0.29, 0.717) is 5.56 Å². The molecule has 1 unspecified atom stereocenters. The van der Waals surface area contributed by atoms with Crippen molar-refractivity contribution in [2.24, 2.45) is 0 Å². The molecule has 1 aliphatic rings. The van der Waals surface area contributed by atoms with Gasteiger partial charge in [0.25, 0.3) is 0 Å². The van der Waals surface area contributed by atoms with E-state index in [9.17, 15) is 4.79 Å². The first-order chi connectivity index (χ1) is 9.28. The van der Waals surface area contributed by atoms with Gasteiger partial charge in [0.05, 0.1) is 12.7 Å². The van der Waals surface area contributed by atoms with Gasteiger partial charge in [-0.15, -0.1) is 0 Å². The standard InChI is InChI=1S/C16H14O3/c1-18-16(17)12-8-6-11(7-9-12)15-10-13-4-2-3-5-14(13)19-15/h2-9,15H,10H2,1H3. The Morgan fingerprint density at radius 3 is 2.58 bits per heavy atom. The fraction of sp³-hybridized carbons (Fsp3) is 0.188. The quantitative estimate of drug-likeness (QED) is 0.772. The summed E-state index contributed by atoms with van der Waals surface area (Å²) in [7, 11) is 1.38. The molecule has 1 heterocycles. The van der Waals surface area contributed by atoms with Crippen LogP contribution in [0.2, 0.25) is 0 Å². The molecular weight excluding hydrogens is 240 g/mol. The van der Waals surface area contributed by atoms with Crippen LogP contribution in [0.15, 0.2) is 48.5 Å². The average Bonchev–Trinajstić information content (AvgIpc) is 2.90. The zero-order valence-electron chi connectivity index (χ0n) is 10.6. The van der Waals surface area contributed by atoms with Crippen molar-refractivity contribution >= 4 is 5.97 Å². The monoisotopic (exact) mass is 254 g/mol. The lowest BCUT2D eigenvalue weighted by molar-refractivity contribution is 0.0600. The van der Waals surface area contributed by atoms with Gasteiger partial charge in [0, 0.05) is 6.42 Å². The molecule has 0 spiro atoms. The fourth-order valence-corrected chi connectivity index (χ4v) is 2.32. The molecule has 0 fully saturated rings. The van der Waals surface area contributed by atoms with E-state index in [1.165, 1.54) is 12.7 Å². The van der Waals surface area contributed by atoms with Crippen LogP contribution in [0, 0.1) is 0 Å². The molecule has 3 heteroatoms. The van der Waals surface area contributed by atoms with Crippen molar-refractivity contribution in [2.45, 2.75) is 12.5 Å². The first-order valence-corrected chi connectivity index (χ1v) is 6.21. The molecule has 1 aliphatic heterocycles. The Hall–Kier alpha value is -2.29. The first kappa shape index (κ1) is 11.8. The van der Waals surface area contributed by atoms with Crippen LogP contribution >= 0.6 is 0 Å². The Morgan fingerprint density at radius 2 is 1.89 bits per heavy atom. The summed E-state index contributed by atoms with van der Waals surface area (Å²) in [5, 5.41) is 0. The summed E-state index contributed by atoms with van der Waals surface area (Å²) in [6.45, 7) is 0. The minimum atomic E-state index is -0.317. The largest absolute Gasteiger partial charge is 0.485 e. The van der Waals surface area contributed by atoms with Crippen molar-refractivity contribution in [1.29, 1.82) is 0 Å². The van der Waals surface area contributed by atoms with Gasteiger partial charge in [0.15, 0.2) is 0 Å². The molecular formula is C16H14O3. The second-order valence-corrected chi connectivity index (χ2v) is 4.53. The summed E-state index contributed by atoms with van der Waals surface area (Å²) in [5.41, 5.74) is 2.86. The Labute approximate surface area is 111 Å². The van der Waals surface area contributed by atoms with E-state index in [1.807, 2.05) is 30.3 Å². The highest BCUT2D eigenvalue weighted by molar-refractivity contribution is 5.89. The topological polar surface area (TPSA) is 35.5 Å². The van der Waals surface area contributed by atoms with Gasteiger partial charge in [-0.05, 0) is 29.3 Å². The van der Waals surface area contributed by atoms with Gasteiger partial charge < -0.3 is 9.47 Å². The van der Waals surface area contributed by atoms with Crippen LogP contribution in [-0.2, 0) is 11.2 Å². The SMILES string of the molecule is COC(=O)c1ccc(C2Cc3ccccc3O2)cc1.